The number of esters is 1. The van der Waals surface area contributed by atoms with Crippen molar-refractivity contribution in [1.82, 2.24) is 19.6 Å². The van der Waals surface area contributed by atoms with Crippen LogP contribution in [0.3, 0.4) is 0 Å². The number of unbranched alkanes of at least 4 members (excludes halogenated alkanes) is 32. The van der Waals surface area contributed by atoms with E-state index in [0.29, 0.717) is 39.2 Å². The SMILES string of the molecule is CCCCCCCC/C=C\CCCCCCC(O)CN(CCCCSSCCN1CCN(CCOC(=O)CCCCN(CC(O)CCCCCCCC)CC(O)CCCCCCCC)CC1)CC(O)CCCCCC/C=C\CCCCCCCC. The van der Waals surface area contributed by atoms with E-state index in [1.54, 1.807) is 0 Å². The molecule has 4 unspecified atom stereocenters. The van der Waals surface area contributed by atoms with E-state index >= 15 is 0 Å². The average Bonchev–Trinajstić information content (AvgIpc) is 3.52. The molecule has 4 N–H and O–H groups in total. The second kappa shape index (κ2) is 64.8. The van der Waals surface area contributed by atoms with Gasteiger partial charge in [0.15, 0.2) is 0 Å². The lowest BCUT2D eigenvalue weighted by Gasteiger charge is -2.34. The van der Waals surface area contributed by atoms with Crippen molar-refractivity contribution in [3.63, 3.8) is 0 Å². The quantitative estimate of drug-likeness (QED) is 0.0201. The summed E-state index contributed by atoms with van der Waals surface area (Å²) in [5, 5.41) is 44.2. The van der Waals surface area contributed by atoms with Gasteiger partial charge in [-0.15, -0.1) is 0 Å². The fraction of sp³-hybridized carbons (Fsp3) is 0.932. The van der Waals surface area contributed by atoms with E-state index in [1.807, 2.05) is 21.6 Å². The van der Waals surface area contributed by atoms with Gasteiger partial charge < -0.3 is 25.2 Å². The Kier molecular flexibility index (Phi) is 62.8. The van der Waals surface area contributed by atoms with Crippen molar-refractivity contribution in [3.8, 4) is 0 Å². The maximum Gasteiger partial charge on any atom is 0.305 e. The highest BCUT2D eigenvalue weighted by molar-refractivity contribution is 8.76. The van der Waals surface area contributed by atoms with Crippen molar-refractivity contribution in [3.05, 3.63) is 24.3 Å². The maximum atomic E-state index is 12.7. The molecule has 4 atom stereocenters. The molecule has 0 aromatic rings. The van der Waals surface area contributed by atoms with Gasteiger partial charge in [0.1, 0.15) is 6.61 Å². The Bertz CT molecular complexity index is 1350. The zero-order chi connectivity index (χ0) is 61.6. The smallest absolute Gasteiger partial charge is 0.305 e. The molecule has 0 amide bonds. The van der Waals surface area contributed by atoms with Crippen molar-refractivity contribution >= 4 is 27.6 Å². The van der Waals surface area contributed by atoms with Crippen LogP contribution in [0.4, 0.5) is 0 Å². The number of rotatable bonds is 67. The number of piperazine rings is 1. The van der Waals surface area contributed by atoms with Crippen LogP contribution >= 0.6 is 21.6 Å². The van der Waals surface area contributed by atoms with Crippen LogP contribution in [0.5, 0.6) is 0 Å². The Morgan fingerprint density at radius 1 is 0.388 bits per heavy atom. The maximum absolute atomic E-state index is 12.7. The Balaban J connectivity index is 2.36. The van der Waals surface area contributed by atoms with E-state index in [1.165, 1.54) is 205 Å². The minimum atomic E-state index is -0.375. The van der Waals surface area contributed by atoms with E-state index in [-0.39, 0.29) is 30.4 Å². The van der Waals surface area contributed by atoms with Crippen LogP contribution < -0.4 is 0 Å². The highest BCUT2D eigenvalue weighted by Gasteiger charge is 2.20. The molecule has 504 valence electrons. The van der Waals surface area contributed by atoms with Crippen LogP contribution in [0.2, 0.25) is 0 Å². The van der Waals surface area contributed by atoms with Crippen molar-refractivity contribution in [2.24, 2.45) is 0 Å². The van der Waals surface area contributed by atoms with Gasteiger partial charge in [0.25, 0.3) is 0 Å². The van der Waals surface area contributed by atoms with Crippen molar-refractivity contribution < 1.29 is 30.0 Å². The average molecular weight is 1240 g/mol. The molecule has 10 nitrogen and oxygen atoms in total. The zero-order valence-corrected chi connectivity index (χ0v) is 58.4. The number of nitrogens with zero attached hydrogens (tertiary/aromatic N) is 4. The molecule has 0 aromatic heterocycles. The van der Waals surface area contributed by atoms with Crippen LogP contribution in [0.1, 0.15) is 317 Å². The summed E-state index contributed by atoms with van der Waals surface area (Å²) in [6.07, 6.45) is 61.1. The number of aliphatic hydroxyl groups excluding tert-OH is 4. The Morgan fingerprint density at radius 3 is 1.06 bits per heavy atom. The first-order valence-corrected chi connectivity index (χ1v) is 39.5. The first-order valence-electron chi connectivity index (χ1n) is 37.0. The number of carbonyl (C=O) groups excluding carboxylic acids is 1. The van der Waals surface area contributed by atoms with Crippen LogP contribution in [-0.2, 0) is 9.53 Å². The standard InChI is InChI=1S/C73H144N4O6S2/c1-5-9-13-17-21-23-25-27-29-31-33-35-39-43-51-71(80)67-77(68-72(81)52-44-40-36-34-32-30-28-26-24-22-18-14-10-6-2)55-47-48-63-84-85-64-61-75-58-56-74(57-59-75)60-62-83-73(82)53-45-46-54-76(65-69(78)49-41-37-19-15-11-7-3)66-70(79)50-42-38-20-16-12-8-4/h27-30,69-72,78-81H,5-26,31-68H2,1-4H3/b29-27-,30-28-. The van der Waals surface area contributed by atoms with Gasteiger partial charge in [0, 0.05) is 83.4 Å². The molecular formula is C73H144N4O6S2. The van der Waals surface area contributed by atoms with Crippen LogP contribution in [0.25, 0.3) is 0 Å². The fourth-order valence-corrected chi connectivity index (χ4v) is 14.1. The van der Waals surface area contributed by atoms with Gasteiger partial charge >= 0.3 is 5.97 Å². The van der Waals surface area contributed by atoms with Crippen molar-refractivity contribution in [1.29, 1.82) is 0 Å². The predicted octanol–water partition coefficient (Wildman–Crippen LogP) is 18.3. The van der Waals surface area contributed by atoms with E-state index in [9.17, 15) is 25.2 Å². The molecule has 0 bridgehead atoms. The first kappa shape index (κ1) is 82.3. The minimum absolute atomic E-state index is 0.117. The molecule has 1 saturated heterocycles. The van der Waals surface area contributed by atoms with Gasteiger partial charge in [0.05, 0.1) is 24.4 Å². The summed E-state index contributed by atoms with van der Waals surface area (Å²) >= 11 is 0. The van der Waals surface area contributed by atoms with Gasteiger partial charge in [-0.25, -0.2) is 0 Å². The lowest BCUT2D eigenvalue weighted by Crippen LogP contribution is -2.47. The highest BCUT2D eigenvalue weighted by Crippen LogP contribution is 2.23. The van der Waals surface area contributed by atoms with Gasteiger partial charge in [-0.05, 0) is 116 Å². The monoisotopic (exact) mass is 1240 g/mol. The molecular weight excluding hydrogens is 1090 g/mol. The van der Waals surface area contributed by atoms with Crippen LogP contribution in [0, 0.1) is 0 Å². The second-order valence-corrected chi connectivity index (χ2v) is 28.7. The molecule has 0 aromatic carbocycles. The largest absolute Gasteiger partial charge is 0.464 e. The van der Waals surface area contributed by atoms with Gasteiger partial charge in [-0.1, -0.05) is 253 Å². The Labute approximate surface area is 536 Å². The predicted molar refractivity (Wildman–Crippen MR) is 374 cm³/mol. The summed E-state index contributed by atoms with van der Waals surface area (Å²) in [4.78, 5) is 22.3. The van der Waals surface area contributed by atoms with E-state index in [2.05, 4.69) is 71.6 Å². The summed E-state index contributed by atoms with van der Waals surface area (Å²) in [7, 11) is 3.99. The normalized spacial score (nSPS) is 15.1. The summed E-state index contributed by atoms with van der Waals surface area (Å²) < 4.78 is 5.70. The summed E-state index contributed by atoms with van der Waals surface area (Å²) in [5.41, 5.74) is 0. The summed E-state index contributed by atoms with van der Waals surface area (Å²) in [6, 6.07) is 0. The minimum Gasteiger partial charge on any atom is -0.464 e. The molecule has 12 heteroatoms. The van der Waals surface area contributed by atoms with E-state index in [0.717, 1.165) is 141 Å². The van der Waals surface area contributed by atoms with E-state index < -0.39 is 0 Å². The number of hydrogen-bond acceptors (Lipinski definition) is 12. The fourth-order valence-electron chi connectivity index (χ4n) is 11.9. The number of allylic oxidation sites excluding steroid dienone is 4. The third-order valence-electron chi connectivity index (χ3n) is 17.5. The first-order chi connectivity index (χ1) is 41.7. The molecule has 0 saturated carbocycles. The topological polar surface area (TPSA) is 120 Å². The van der Waals surface area contributed by atoms with Crippen molar-refractivity contribution in [2.75, 3.05) is 96.6 Å². The molecule has 0 aliphatic carbocycles. The third-order valence-corrected chi connectivity index (χ3v) is 20.0. The number of hydrogen-bond donors (Lipinski definition) is 4. The third kappa shape index (κ3) is 58.2. The molecule has 0 spiro atoms. The van der Waals surface area contributed by atoms with Crippen LogP contribution in [0.15, 0.2) is 24.3 Å². The molecule has 1 aliphatic rings. The van der Waals surface area contributed by atoms with Crippen molar-refractivity contribution in [2.45, 2.75) is 341 Å². The lowest BCUT2D eigenvalue weighted by atomic mass is 10.1. The molecule has 1 fully saturated rings. The lowest BCUT2D eigenvalue weighted by molar-refractivity contribution is -0.144. The Morgan fingerprint density at radius 2 is 0.694 bits per heavy atom. The second-order valence-electron chi connectivity index (χ2n) is 26.0. The number of carbonyl (C=O) groups is 1. The molecule has 0 radical (unpaired) electrons. The summed E-state index contributed by atoms with van der Waals surface area (Å²) in [5.74, 6) is 2.13. The summed E-state index contributed by atoms with van der Waals surface area (Å²) in [6.45, 7) is 19.8. The van der Waals surface area contributed by atoms with Gasteiger partial charge in [-0.3, -0.25) is 24.4 Å². The number of aliphatic hydroxyl groups is 4. The molecule has 85 heavy (non-hydrogen) atoms. The molecule has 1 rings (SSSR count). The van der Waals surface area contributed by atoms with Gasteiger partial charge in [-0.2, -0.15) is 0 Å². The van der Waals surface area contributed by atoms with E-state index in [4.69, 9.17) is 4.74 Å². The van der Waals surface area contributed by atoms with Gasteiger partial charge in [0.2, 0.25) is 0 Å². The Hall–Kier alpha value is -0.670. The van der Waals surface area contributed by atoms with Crippen LogP contribution in [-0.4, -0.2) is 167 Å². The number of ether oxygens (including phenoxy) is 1. The molecule has 1 aliphatic heterocycles. The molecule has 1 heterocycles. The highest BCUT2D eigenvalue weighted by atomic mass is 33.1. The zero-order valence-electron chi connectivity index (χ0n) is 56.8.